The van der Waals surface area contributed by atoms with Crippen molar-refractivity contribution in [1.29, 1.82) is 0 Å². The number of piperazine rings is 1. The van der Waals surface area contributed by atoms with Crippen molar-refractivity contribution in [2.45, 2.75) is 12.2 Å². The van der Waals surface area contributed by atoms with Crippen LogP contribution in [0.4, 0.5) is 5.69 Å². The number of aliphatic hydroxyl groups is 1. The van der Waals surface area contributed by atoms with E-state index in [4.69, 9.17) is 4.74 Å². The molecule has 0 aliphatic carbocycles. The summed E-state index contributed by atoms with van der Waals surface area (Å²) in [4.78, 5) is 4.44. The van der Waals surface area contributed by atoms with Gasteiger partial charge in [-0.15, -0.1) is 12.4 Å². The van der Waals surface area contributed by atoms with Crippen LogP contribution in [0, 0.1) is 0 Å². The van der Waals surface area contributed by atoms with Gasteiger partial charge in [-0.05, 0) is 23.3 Å². The number of aliphatic hydroxyl groups excluding tert-OH is 1. The van der Waals surface area contributed by atoms with E-state index in [1.807, 2.05) is 54.6 Å². The lowest BCUT2D eigenvalue weighted by molar-refractivity contribution is -0.00894. The van der Waals surface area contributed by atoms with Gasteiger partial charge in [0.2, 0.25) is 0 Å². The van der Waals surface area contributed by atoms with E-state index in [2.05, 4.69) is 34.1 Å². The molecule has 1 fully saturated rings. The highest BCUT2D eigenvalue weighted by atomic mass is 35.5. The molecule has 3 aromatic rings. The van der Waals surface area contributed by atoms with Gasteiger partial charge in [0.15, 0.2) is 0 Å². The van der Waals surface area contributed by atoms with Crippen molar-refractivity contribution in [3.8, 4) is 5.75 Å². The smallest absolute Gasteiger partial charge is 0.138 e. The van der Waals surface area contributed by atoms with Crippen LogP contribution in [0.3, 0.4) is 0 Å². The monoisotopic (exact) mass is 454 g/mol. The predicted molar refractivity (Wildman–Crippen MR) is 131 cm³/mol. The third-order valence-corrected chi connectivity index (χ3v) is 5.72. The number of benzene rings is 3. The van der Waals surface area contributed by atoms with Gasteiger partial charge >= 0.3 is 0 Å². The average Bonchev–Trinajstić information content (AvgIpc) is 2.82. The summed E-state index contributed by atoms with van der Waals surface area (Å²) >= 11 is 0. The van der Waals surface area contributed by atoms with E-state index in [0.717, 1.165) is 43.0 Å². The van der Waals surface area contributed by atoms with Crippen molar-refractivity contribution < 1.29 is 14.9 Å². The number of hydrogen-bond donors (Lipinski definition) is 2. The van der Waals surface area contributed by atoms with Crippen LogP contribution in [0.2, 0.25) is 0 Å². The maximum atomic E-state index is 10.7. The van der Waals surface area contributed by atoms with Crippen LogP contribution in [-0.4, -0.2) is 60.5 Å². The highest BCUT2D eigenvalue weighted by Crippen LogP contribution is 2.28. The van der Waals surface area contributed by atoms with Gasteiger partial charge in [-0.1, -0.05) is 72.8 Å². The van der Waals surface area contributed by atoms with Gasteiger partial charge in [-0.2, -0.15) is 0 Å². The predicted octanol–water partition coefficient (Wildman–Crippen LogP) is 4.10. The molecular formula is C26H31ClN2O3. The Morgan fingerprint density at radius 3 is 1.84 bits per heavy atom. The molecule has 32 heavy (non-hydrogen) atoms. The lowest BCUT2D eigenvalue weighted by Crippen LogP contribution is -2.49. The Hall–Kier alpha value is -2.57. The zero-order chi connectivity index (χ0) is 21.5. The number of aromatic hydroxyl groups is 1. The van der Waals surface area contributed by atoms with Crippen LogP contribution >= 0.6 is 12.4 Å². The van der Waals surface area contributed by atoms with E-state index in [1.165, 1.54) is 0 Å². The molecule has 1 saturated heterocycles. The molecule has 0 radical (unpaired) electrons. The van der Waals surface area contributed by atoms with Crippen LogP contribution in [-0.2, 0) is 4.74 Å². The summed E-state index contributed by atoms with van der Waals surface area (Å²) in [6, 6.07) is 27.7. The fourth-order valence-electron chi connectivity index (χ4n) is 4.10. The Bertz CT molecular complexity index is 895. The first kappa shape index (κ1) is 24.1. The summed E-state index contributed by atoms with van der Waals surface area (Å²) in [5, 5.41) is 20.7. The molecule has 0 spiro atoms. The molecule has 1 aliphatic rings. The van der Waals surface area contributed by atoms with Crippen LogP contribution in [0.25, 0.3) is 0 Å². The fourth-order valence-corrected chi connectivity index (χ4v) is 4.10. The van der Waals surface area contributed by atoms with Gasteiger partial charge in [0.25, 0.3) is 0 Å². The molecule has 1 aliphatic heterocycles. The molecule has 0 saturated carbocycles. The molecule has 1 heterocycles. The zero-order valence-electron chi connectivity index (χ0n) is 18.1. The molecule has 1 unspecified atom stereocenters. The quantitative estimate of drug-likeness (QED) is 0.536. The number of halogens is 1. The molecule has 3 aromatic carbocycles. The van der Waals surface area contributed by atoms with E-state index >= 15 is 0 Å². The first-order valence-electron chi connectivity index (χ1n) is 10.9. The van der Waals surface area contributed by atoms with Gasteiger partial charge in [0.1, 0.15) is 11.9 Å². The number of β-amino-alcohol motifs (C(OH)–C–C–N with tert-alkyl or cyclic N) is 1. The zero-order valence-corrected chi connectivity index (χ0v) is 18.9. The van der Waals surface area contributed by atoms with E-state index in [0.29, 0.717) is 12.3 Å². The van der Waals surface area contributed by atoms with Crippen molar-refractivity contribution in [2.24, 2.45) is 0 Å². The van der Waals surface area contributed by atoms with Crippen LogP contribution in [0.1, 0.15) is 17.2 Å². The summed E-state index contributed by atoms with van der Waals surface area (Å²) in [6.45, 7) is 4.17. The van der Waals surface area contributed by atoms with Crippen molar-refractivity contribution in [3.05, 3.63) is 96.1 Å². The Balaban J connectivity index is 0.00000289. The Morgan fingerprint density at radius 1 is 0.750 bits per heavy atom. The normalized spacial score (nSPS) is 15.4. The number of hydrogen-bond acceptors (Lipinski definition) is 5. The molecule has 4 rings (SSSR count). The topological polar surface area (TPSA) is 56.2 Å². The van der Waals surface area contributed by atoms with Gasteiger partial charge < -0.3 is 19.8 Å². The maximum absolute atomic E-state index is 10.7. The van der Waals surface area contributed by atoms with Crippen molar-refractivity contribution in [1.82, 2.24) is 4.90 Å². The van der Waals surface area contributed by atoms with Crippen LogP contribution in [0.15, 0.2) is 84.9 Å². The second-order valence-corrected chi connectivity index (χ2v) is 7.96. The van der Waals surface area contributed by atoms with Gasteiger partial charge in [-0.25, -0.2) is 0 Å². The summed E-state index contributed by atoms with van der Waals surface area (Å²) in [5.74, 6) is 0.317. The first-order chi connectivity index (χ1) is 15.2. The van der Waals surface area contributed by atoms with Gasteiger partial charge in [0, 0.05) is 32.7 Å². The molecule has 6 heteroatoms. The maximum Gasteiger partial charge on any atom is 0.138 e. The molecule has 0 amide bonds. The molecule has 170 valence electrons. The minimum atomic E-state index is -0.563. The summed E-state index contributed by atoms with van der Waals surface area (Å²) < 4.78 is 6.20. The first-order valence-corrected chi connectivity index (χ1v) is 10.9. The van der Waals surface area contributed by atoms with Crippen molar-refractivity contribution >= 4 is 18.1 Å². The number of nitrogens with zero attached hydrogens (tertiary/aromatic N) is 2. The second-order valence-electron chi connectivity index (χ2n) is 7.96. The van der Waals surface area contributed by atoms with E-state index in [1.54, 1.807) is 6.07 Å². The van der Waals surface area contributed by atoms with Gasteiger partial charge in [-0.3, -0.25) is 4.90 Å². The minimum Gasteiger partial charge on any atom is -0.506 e. The molecular weight excluding hydrogens is 424 g/mol. The fraction of sp³-hybridized carbons (Fsp3) is 0.308. The highest BCUT2D eigenvalue weighted by Gasteiger charge is 2.22. The summed E-state index contributed by atoms with van der Waals surface area (Å²) in [6.07, 6.45) is -0.762. The third kappa shape index (κ3) is 6.24. The third-order valence-electron chi connectivity index (χ3n) is 5.72. The van der Waals surface area contributed by atoms with Crippen molar-refractivity contribution in [3.63, 3.8) is 0 Å². The van der Waals surface area contributed by atoms with E-state index in [9.17, 15) is 10.2 Å². The molecule has 0 aromatic heterocycles. The Kier molecular flexibility index (Phi) is 8.94. The number of phenolic OH excluding ortho intramolecular Hbond substituents is 1. The Morgan fingerprint density at radius 2 is 1.28 bits per heavy atom. The lowest BCUT2D eigenvalue weighted by Gasteiger charge is -2.37. The molecule has 5 nitrogen and oxygen atoms in total. The summed E-state index contributed by atoms with van der Waals surface area (Å²) in [5.41, 5.74) is 3.04. The largest absolute Gasteiger partial charge is 0.506 e. The van der Waals surface area contributed by atoms with Gasteiger partial charge in [0.05, 0.1) is 18.4 Å². The second kappa shape index (κ2) is 11.9. The van der Waals surface area contributed by atoms with Crippen LogP contribution < -0.4 is 4.90 Å². The van der Waals surface area contributed by atoms with E-state index in [-0.39, 0.29) is 25.1 Å². The number of phenols is 1. The number of rotatable bonds is 8. The number of anilines is 1. The highest BCUT2D eigenvalue weighted by molar-refractivity contribution is 5.85. The lowest BCUT2D eigenvalue weighted by atomic mass is 10.0. The average molecular weight is 455 g/mol. The SMILES string of the molecule is Cl.Oc1ccccc1N1CCN(CC(O)COC(c2ccccc2)c2ccccc2)CC1. The summed E-state index contributed by atoms with van der Waals surface area (Å²) in [7, 11) is 0. The van der Waals surface area contributed by atoms with Crippen molar-refractivity contribution in [2.75, 3.05) is 44.2 Å². The Labute approximate surface area is 196 Å². The number of para-hydroxylation sites is 2. The van der Waals surface area contributed by atoms with E-state index < -0.39 is 6.10 Å². The molecule has 1 atom stereocenters. The number of ether oxygens (including phenoxy) is 1. The minimum absolute atomic E-state index is 0. The molecule has 0 bridgehead atoms. The standard InChI is InChI=1S/C26H30N2O3.ClH/c29-23(19-27-15-17-28(18-16-27)24-13-7-8-14-25(24)30)20-31-26(21-9-3-1-4-10-21)22-11-5-2-6-12-22;/h1-14,23,26,29-30H,15-20H2;1H. The van der Waals surface area contributed by atoms with Crippen LogP contribution in [0.5, 0.6) is 5.75 Å². The molecule has 2 N–H and O–H groups in total.